The van der Waals surface area contributed by atoms with Gasteiger partial charge in [0, 0.05) is 23.1 Å². The van der Waals surface area contributed by atoms with Gasteiger partial charge in [-0.25, -0.2) is 4.39 Å². The minimum atomic E-state index is -3.04. The van der Waals surface area contributed by atoms with Gasteiger partial charge in [0.15, 0.2) is 25.4 Å². The molecule has 1 aliphatic heterocycles. The number of fused-ring (bicyclic) bond motifs is 4. The average molecular weight is 881 g/mol. The number of carbonyl (C=O) groups excluding carboxylic acids is 3. The van der Waals surface area contributed by atoms with Crippen molar-refractivity contribution in [1.82, 2.24) is 15.0 Å². The standard InChI is InChI=1S/C48H57FN4O9Si/c1-47(2,3)63(7,8)62-48-33(40(51(4)5)43-39(45(48)57)46(58)50-61-43)23-30-22-32-34(49)24-35(42(38(32)41(55)37(30)44(48)56)60-27-29-14-10-9-11-15-29)53(36(54)26-52-20-12-13-21-52)25-28-16-18-31(59-6)19-17-28/h9-11,14-19,24,30,33,40,55H,12-13,20-23,25-27H2,1-8H3,(H,50,58)/t30-,33-,40-,48-/m0/s1. The highest BCUT2D eigenvalue weighted by molar-refractivity contribution is 6.74. The van der Waals surface area contributed by atoms with Crippen LogP contribution in [0, 0.1) is 17.7 Å². The number of aliphatic hydroxyl groups excluding tert-OH is 1. The minimum Gasteiger partial charge on any atom is -0.507 e. The number of halogens is 1. The lowest BCUT2D eigenvalue weighted by atomic mass is 9.57. The van der Waals surface area contributed by atoms with Crippen molar-refractivity contribution in [1.29, 1.82) is 0 Å². The van der Waals surface area contributed by atoms with Crippen LogP contribution in [0.15, 0.2) is 75.6 Å². The van der Waals surface area contributed by atoms with Gasteiger partial charge >= 0.3 is 0 Å². The molecule has 4 aliphatic rings. The van der Waals surface area contributed by atoms with E-state index in [0.717, 1.165) is 37.1 Å². The Morgan fingerprint density at radius 3 is 2.32 bits per heavy atom. The molecule has 13 nitrogen and oxygen atoms in total. The number of H-pyrrole nitrogens is 1. The fourth-order valence-corrected chi connectivity index (χ4v) is 11.1. The highest BCUT2D eigenvalue weighted by Gasteiger charge is 2.68. The summed E-state index contributed by atoms with van der Waals surface area (Å²) >= 11 is 0. The van der Waals surface area contributed by atoms with E-state index in [0.29, 0.717) is 5.75 Å². The lowest BCUT2D eigenvalue weighted by Crippen LogP contribution is -2.68. The van der Waals surface area contributed by atoms with Crippen molar-refractivity contribution < 1.29 is 42.3 Å². The van der Waals surface area contributed by atoms with Gasteiger partial charge in [-0.1, -0.05) is 63.2 Å². The number of anilines is 1. The zero-order valence-electron chi connectivity index (χ0n) is 37.3. The molecule has 1 amide bonds. The number of amides is 1. The quantitative estimate of drug-likeness (QED) is 0.107. The third-order valence-corrected chi connectivity index (χ3v) is 18.3. The molecule has 15 heteroatoms. The van der Waals surface area contributed by atoms with Crippen molar-refractivity contribution in [2.24, 2.45) is 11.8 Å². The van der Waals surface area contributed by atoms with Crippen LogP contribution in [0.2, 0.25) is 18.1 Å². The van der Waals surface area contributed by atoms with E-state index in [9.17, 15) is 14.7 Å². The number of ketones is 2. The van der Waals surface area contributed by atoms with E-state index < -0.39 is 65.5 Å². The van der Waals surface area contributed by atoms with Crippen LogP contribution < -0.4 is 19.9 Å². The predicted octanol–water partition coefficient (Wildman–Crippen LogP) is 7.61. The summed E-state index contributed by atoms with van der Waals surface area (Å²) in [7, 11) is 2.08. The molecule has 2 heterocycles. The number of aliphatic hydroxyl groups is 1. The number of likely N-dealkylation sites (tertiary alicyclic amines) is 1. The maximum atomic E-state index is 17.2. The van der Waals surface area contributed by atoms with E-state index in [1.54, 1.807) is 38.2 Å². The highest BCUT2D eigenvalue weighted by Crippen LogP contribution is 2.58. The van der Waals surface area contributed by atoms with Gasteiger partial charge in [-0.15, -0.1) is 0 Å². The van der Waals surface area contributed by atoms with Gasteiger partial charge in [0.05, 0.1) is 37.5 Å². The van der Waals surface area contributed by atoms with Crippen molar-refractivity contribution in [3.8, 4) is 11.5 Å². The molecule has 0 unspecified atom stereocenters. The summed E-state index contributed by atoms with van der Waals surface area (Å²) in [6, 6.07) is 17.1. The highest BCUT2D eigenvalue weighted by atomic mass is 28.4. The largest absolute Gasteiger partial charge is 0.507 e. The Balaban J connectivity index is 1.35. The molecule has 0 bridgehead atoms. The second-order valence-corrected chi connectivity index (χ2v) is 23.8. The molecule has 1 aromatic heterocycles. The number of nitrogens with zero attached hydrogens (tertiary/aromatic N) is 3. The Bertz CT molecular complexity index is 2520. The third-order valence-electron chi connectivity index (χ3n) is 13.9. The van der Waals surface area contributed by atoms with Crippen LogP contribution in [0.4, 0.5) is 10.1 Å². The Morgan fingerprint density at radius 1 is 1.00 bits per heavy atom. The number of methoxy groups -OCH3 is 1. The lowest BCUT2D eigenvalue weighted by Gasteiger charge is -2.55. The molecule has 1 saturated carbocycles. The summed E-state index contributed by atoms with van der Waals surface area (Å²) in [5.41, 5.74) is -1.76. The molecule has 3 aliphatic carbocycles. The summed E-state index contributed by atoms with van der Waals surface area (Å²) in [5, 5.41) is 14.7. The Labute approximate surface area is 367 Å². The monoisotopic (exact) mass is 880 g/mol. The normalized spacial score (nSPS) is 22.4. The molecule has 4 aromatic rings. The molecule has 0 radical (unpaired) electrons. The van der Waals surface area contributed by atoms with Crippen LogP contribution in [0.3, 0.4) is 0 Å². The van der Waals surface area contributed by atoms with Crippen LogP contribution in [-0.4, -0.2) is 92.3 Å². The number of Topliss-reactive ketones (excluding diaryl/α,β-unsaturated/α-hetero) is 2. The predicted molar refractivity (Wildman–Crippen MR) is 238 cm³/mol. The maximum absolute atomic E-state index is 17.2. The van der Waals surface area contributed by atoms with Gasteiger partial charge in [-0.3, -0.25) is 29.0 Å². The summed E-state index contributed by atoms with van der Waals surface area (Å²) in [6.45, 7) is 11.4. The Kier molecular flexibility index (Phi) is 11.7. The van der Waals surface area contributed by atoms with Gasteiger partial charge in [0.1, 0.15) is 29.5 Å². The first kappa shape index (κ1) is 44.3. The minimum absolute atomic E-state index is 0.0157. The van der Waals surface area contributed by atoms with E-state index in [4.69, 9.17) is 18.4 Å². The molecular formula is C48H57FN4O9Si. The molecule has 334 valence electrons. The van der Waals surface area contributed by atoms with Gasteiger partial charge in [0.25, 0.3) is 5.56 Å². The topological polar surface area (TPSA) is 155 Å². The average Bonchev–Trinajstić information content (AvgIpc) is 3.90. The van der Waals surface area contributed by atoms with E-state index >= 15 is 14.0 Å². The summed E-state index contributed by atoms with van der Waals surface area (Å²) in [5.74, 6) is -4.03. The fourth-order valence-electron chi connectivity index (χ4n) is 9.68. The molecule has 4 atom stereocenters. The van der Waals surface area contributed by atoms with Crippen molar-refractivity contribution in [3.05, 3.63) is 116 Å². The van der Waals surface area contributed by atoms with Crippen LogP contribution in [0.1, 0.15) is 84.4 Å². The maximum Gasteiger partial charge on any atom is 0.291 e. The zero-order chi connectivity index (χ0) is 45.2. The van der Waals surface area contributed by atoms with Crippen LogP contribution >= 0.6 is 0 Å². The summed E-state index contributed by atoms with van der Waals surface area (Å²) < 4.78 is 42.1. The van der Waals surface area contributed by atoms with Crippen molar-refractivity contribution in [2.75, 3.05) is 45.7 Å². The number of aromatic amines is 1. The first-order valence-electron chi connectivity index (χ1n) is 21.7. The van der Waals surface area contributed by atoms with Crippen molar-refractivity contribution >= 4 is 37.2 Å². The first-order valence-corrected chi connectivity index (χ1v) is 24.6. The number of hydrogen-bond donors (Lipinski definition) is 2. The third kappa shape index (κ3) is 7.66. The second-order valence-electron chi connectivity index (χ2n) is 19.1. The summed E-state index contributed by atoms with van der Waals surface area (Å²) in [6.07, 6.45) is 1.99. The zero-order valence-corrected chi connectivity index (χ0v) is 38.3. The van der Waals surface area contributed by atoms with Crippen LogP contribution in [0.5, 0.6) is 11.5 Å². The molecule has 2 N–H and O–H groups in total. The number of rotatable bonds is 12. The van der Waals surface area contributed by atoms with E-state index in [2.05, 4.69) is 10.1 Å². The lowest BCUT2D eigenvalue weighted by molar-refractivity contribution is -0.140. The summed E-state index contributed by atoms with van der Waals surface area (Å²) in [4.78, 5) is 64.4. The van der Waals surface area contributed by atoms with E-state index in [1.165, 1.54) is 11.0 Å². The second kappa shape index (κ2) is 16.6. The molecule has 1 saturated heterocycles. The van der Waals surface area contributed by atoms with Crippen molar-refractivity contribution in [3.63, 3.8) is 0 Å². The molecule has 2 fully saturated rings. The fraction of sp³-hybridized carbons (Fsp3) is 0.458. The number of ether oxygens (including phenoxy) is 2. The number of aromatic nitrogens is 1. The molecular weight excluding hydrogens is 824 g/mol. The Hall–Kier alpha value is -5.35. The SMILES string of the molecule is COc1ccc(CN(C(=O)CN2CCCC2)c2cc(F)c3c(c2OCc2ccccc2)C(O)=C2C(=O)[C@]4(O[Si](C)(C)C(C)(C)C)C(=O)c5c(o[nH]c5=O)[C@@H](N(C)C)[C@@H]4C[C@@H]2C3)cc1. The Morgan fingerprint density at radius 2 is 1.68 bits per heavy atom. The van der Waals surface area contributed by atoms with Gasteiger partial charge in [0.2, 0.25) is 17.5 Å². The molecule has 0 spiro atoms. The van der Waals surface area contributed by atoms with Gasteiger partial charge < -0.3 is 28.4 Å². The van der Waals surface area contributed by atoms with Gasteiger partial charge in [-0.2, -0.15) is 5.16 Å². The molecule has 63 heavy (non-hydrogen) atoms. The smallest absolute Gasteiger partial charge is 0.291 e. The van der Waals surface area contributed by atoms with Crippen LogP contribution in [0.25, 0.3) is 5.76 Å². The molecule has 8 rings (SSSR count). The number of carbonyl (C=O) groups is 3. The van der Waals surface area contributed by atoms with Crippen molar-refractivity contribution in [2.45, 2.75) is 89.4 Å². The number of nitrogens with one attached hydrogen (secondary N) is 1. The van der Waals surface area contributed by atoms with Gasteiger partial charge in [-0.05, 0) is 100 Å². The number of benzene rings is 3. The first-order chi connectivity index (χ1) is 29.9. The van der Waals surface area contributed by atoms with Crippen LogP contribution in [-0.2, 0) is 33.6 Å². The van der Waals surface area contributed by atoms with E-state index in [1.807, 2.05) is 76.3 Å². The number of hydrogen-bond acceptors (Lipinski definition) is 11. The van der Waals surface area contributed by atoms with E-state index in [-0.39, 0.29) is 77.9 Å². The molecule has 3 aromatic carbocycles.